The number of nitrogens with zero attached hydrogens (tertiary/aromatic N) is 1. The summed E-state index contributed by atoms with van der Waals surface area (Å²) in [6.07, 6.45) is 17.4. The minimum Gasteiger partial charge on any atom is -0.297 e. The highest BCUT2D eigenvalue weighted by Gasteiger charge is 2.36. The van der Waals surface area contributed by atoms with Gasteiger partial charge in [-0.2, -0.15) is 0 Å². The van der Waals surface area contributed by atoms with Gasteiger partial charge in [0.25, 0.3) is 0 Å². The molecule has 0 aromatic rings. The van der Waals surface area contributed by atoms with Crippen LogP contribution < -0.4 is 0 Å². The summed E-state index contributed by atoms with van der Waals surface area (Å²) in [7, 11) is 0. The first-order valence-electron chi connectivity index (χ1n) is 7.56. The summed E-state index contributed by atoms with van der Waals surface area (Å²) in [6.45, 7) is 3.72. The Balaban J connectivity index is 1.92. The highest BCUT2D eigenvalue weighted by Crippen LogP contribution is 2.37. The van der Waals surface area contributed by atoms with Crippen molar-refractivity contribution in [2.75, 3.05) is 6.54 Å². The minimum absolute atomic E-state index is 0.844. The lowest BCUT2D eigenvalue weighted by atomic mass is 9.78. The highest BCUT2D eigenvalue weighted by atomic mass is 15.2. The Kier molecular flexibility index (Phi) is 4.92. The molecule has 0 radical (unpaired) electrons. The van der Waals surface area contributed by atoms with Gasteiger partial charge in [-0.3, -0.25) is 4.90 Å². The molecule has 0 amide bonds. The van der Waals surface area contributed by atoms with Crippen molar-refractivity contribution in [2.45, 2.75) is 76.8 Å². The topological polar surface area (TPSA) is 3.24 Å². The number of piperidine rings is 2. The molecule has 0 aliphatic carbocycles. The molecule has 2 heterocycles. The van der Waals surface area contributed by atoms with Crippen LogP contribution in [-0.2, 0) is 0 Å². The molecule has 0 bridgehead atoms. The molecule has 2 fully saturated rings. The van der Waals surface area contributed by atoms with Crippen LogP contribution in [-0.4, -0.2) is 23.5 Å². The molecule has 17 heavy (non-hydrogen) atoms. The molecule has 96 valence electrons. The molecule has 3 atom stereocenters. The molecule has 1 nitrogen and oxygen atoms in total. The van der Waals surface area contributed by atoms with E-state index in [-0.39, 0.29) is 0 Å². The van der Waals surface area contributed by atoms with Crippen molar-refractivity contribution in [2.24, 2.45) is 5.92 Å². The summed E-state index contributed by atoms with van der Waals surface area (Å²) in [6, 6.07) is 1.75. The predicted octanol–water partition coefficient (Wildman–Crippen LogP) is 3.83. The Bertz CT molecular complexity index is 265. The highest BCUT2D eigenvalue weighted by molar-refractivity contribution is 4.92. The van der Waals surface area contributed by atoms with Gasteiger partial charge >= 0.3 is 0 Å². The van der Waals surface area contributed by atoms with Gasteiger partial charge in [-0.05, 0) is 51.0 Å². The van der Waals surface area contributed by atoms with Crippen LogP contribution in [0.4, 0.5) is 0 Å². The number of fused-ring (bicyclic) bond motifs is 1. The van der Waals surface area contributed by atoms with E-state index in [0.717, 1.165) is 24.4 Å². The normalized spacial score (nSPS) is 34.0. The maximum absolute atomic E-state index is 5.36. The lowest BCUT2D eigenvalue weighted by molar-refractivity contribution is 0.00668. The Morgan fingerprint density at radius 3 is 2.88 bits per heavy atom. The Hall–Kier alpha value is -0.480. The zero-order chi connectivity index (χ0) is 12.1. The van der Waals surface area contributed by atoms with Gasteiger partial charge in [0.05, 0.1) is 0 Å². The summed E-state index contributed by atoms with van der Waals surface area (Å²) >= 11 is 0. The van der Waals surface area contributed by atoms with Crippen molar-refractivity contribution in [1.82, 2.24) is 4.90 Å². The molecule has 2 aliphatic heterocycles. The van der Waals surface area contributed by atoms with E-state index in [0.29, 0.717) is 0 Å². The molecule has 1 heteroatoms. The molecule has 3 unspecified atom stereocenters. The standard InChI is InChI=1S/C16H27N/c1-3-5-6-9-15-12-11-14(4-2)16-10-7-8-13-17(15)16/h1,14-16H,4-13H2,2H3. The Morgan fingerprint density at radius 1 is 1.24 bits per heavy atom. The zero-order valence-electron chi connectivity index (χ0n) is 11.3. The second-order valence-electron chi connectivity index (χ2n) is 5.80. The molecule has 0 aromatic carbocycles. The van der Waals surface area contributed by atoms with Gasteiger partial charge in [0, 0.05) is 18.5 Å². The van der Waals surface area contributed by atoms with E-state index in [9.17, 15) is 0 Å². The monoisotopic (exact) mass is 233 g/mol. The fourth-order valence-electron chi connectivity index (χ4n) is 3.93. The first-order valence-corrected chi connectivity index (χ1v) is 7.56. The van der Waals surface area contributed by atoms with Crippen LogP contribution in [0, 0.1) is 18.3 Å². The molecule has 2 saturated heterocycles. The van der Waals surface area contributed by atoms with Gasteiger partial charge in [0.2, 0.25) is 0 Å². The maximum atomic E-state index is 5.36. The number of unbranched alkanes of at least 4 members (excludes halogenated alkanes) is 1. The third kappa shape index (κ3) is 3.05. The first kappa shape index (κ1) is 13.0. The molecular formula is C16H27N. The number of hydrogen-bond acceptors (Lipinski definition) is 1. The fraction of sp³-hybridized carbons (Fsp3) is 0.875. The lowest BCUT2D eigenvalue weighted by Crippen LogP contribution is -2.53. The van der Waals surface area contributed by atoms with Crippen LogP contribution in [0.15, 0.2) is 0 Å². The van der Waals surface area contributed by atoms with Crippen LogP contribution in [0.2, 0.25) is 0 Å². The number of hydrogen-bond donors (Lipinski definition) is 0. The predicted molar refractivity (Wildman–Crippen MR) is 73.8 cm³/mol. The smallest absolute Gasteiger partial charge is 0.0126 e. The third-order valence-electron chi connectivity index (χ3n) is 4.86. The van der Waals surface area contributed by atoms with E-state index in [1.54, 1.807) is 0 Å². The van der Waals surface area contributed by atoms with Gasteiger partial charge in [0.1, 0.15) is 0 Å². The van der Waals surface area contributed by atoms with Crippen molar-refractivity contribution < 1.29 is 0 Å². The zero-order valence-corrected chi connectivity index (χ0v) is 11.3. The third-order valence-corrected chi connectivity index (χ3v) is 4.86. The van der Waals surface area contributed by atoms with Gasteiger partial charge < -0.3 is 0 Å². The Labute approximate surface area is 107 Å². The van der Waals surface area contributed by atoms with Gasteiger partial charge in [0.15, 0.2) is 0 Å². The second kappa shape index (κ2) is 6.45. The van der Waals surface area contributed by atoms with E-state index in [1.807, 2.05) is 0 Å². The Morgan fingerprint density at radius 2 is 2.12 bits per heavy atom. The summed E-state index contributed by atoms with van der Waals surface area (Å²) < 4.78 is 0. The van der Waals surface area contributed by atoms with Crippen molar-refractivity contribution in [3.63, 3.8) is 0 Å². The van der Waals surface area contributed by atoms with Crippen LogP contribution in [0.5, 0.6) is 0 Å². The van der Waals surface area contributed by atoms with E-state index in [4.69, 9.17) is 6.42 Å². The van der Waals surface area contributed by atoms with Crippen molar-refractivity contribution in [3.8, 4) is 12.3 Å². The average Bonchev–Trinajstić information content (AvgIpc) is 2.39. The fourth-order valence-corrected chi connectivity index (χ4v) is 3.93. The maximum Gasteiger partial charge on any atom is 0.0126 e. The molecule has 2 aliphatic rings. The molecular weight excluding hydrogens is 206 g/mol. The van der Waals surface area contributed by atoms with Crippen molar-refractivity contribution in [1.29, 1.82) is 0 Å². The second-order valence-corrected chi connectivity index (χ2v) is 5.80. The van der Waals surface area contributed by atoms with Gasteiger partial charge in [-0.1, -0.05) is 19.8 Å². The van der Waals surface area contributed by atoms with Gasteiger partial charge in [-0.15, -0.1) is 12.3 Å². The molecule has 0 spiro atoms. The number of rotatable bonds is 4. The summed E-state index contributed by atoms with van der Waals surface area (Å²) in [5.74, 6) is 3.75. The van der Waals surface area contributed by atoms with Crippen molar-refractivity contribution in [3.05, 3.63) is 0 Å². The molecule has 2 rings (SSSR count). The van der Waals surface area contributed by atoms with Crippen LogP contribution in [0.1, 0.15) is 64.7 Å². The van der Waals surface area contributed by atoms with Gasteiger partial charge in [-0.25, -0.2) is 0 Å². The lowest BCUT2D eigenvalue weighted by Gasteiger charge is -2.49. The van der Waals surface area contributed by atoms with E-state index in [2.05, 4.69) is 17.7 Å². The summed E-state index contributed by atoms with van der Waals surface area (Å²) in [5, 5.41) is 0. The van der Waals surface area contributed by atoms with Crippen molar-refractivity contribution >= 4 is 0 Å². The van der Waals surface area contributed by atoms with Crippen LogP contribution >= 0.6 is 0 Å². The quantitative estimate of drug-likeness (QED) is 0.527. The van der Waals surface area contributed by atoms with Crippen LogP contribution in [0.25, 0.3) is 0 Å². The molecule has 0 saturated carbocycles. The SMILES string of the molecule is C#CCCCC1CCC(CC)C2CCCCN12. The van der Waals surface area contributed by atoms with Crippen LogP contribution in [0.3, 0.4) is 0 Å². The van der Waals surface area contributed by atoms with E-state index >= 15 is 0 Å². The summed E-state index contributed by atoms with van der Waals surface area (Å²) in [5.41, 5.74) is 0. The average molecular weight is 233 g/mol. The van der Waals surface area contributed by atoms with E-state index in [1.165, 1.54) is 57.9 Å². The van der Waals surface area contributed by atoms with E-state index < -0.39 is 0 Å². The molecule has 0 N–H and O–H groups in total. The first-order chi connectivity index (χ1) is 8.36. The molecule has 0 aromatic heterocycles. The summed E-state index contributed by atoms with van der Waals surface area (Å²) in [4.78, 5) is 2.84. The largest absolute Gasteiger partial charge is 0.297 e. The number of terminal acetylenes is 1. The minimum atomic E-state index is 0.844.